The lowest BCUT2D eigenvalue weighted by atomic mass is 10.0. The standard InChI is InChI=1S/C14H28N2O2/c1-11(2)16(13(17)18-14(3,4)5)9-7-12-6-8-15-10-12/h11-12,15H,6-10H2,1-5H3. The summed E-state index contributed by atoms with van der Waals surface area (Å²) in [5.74, 6) is 0.702. The molecule has 1 atom stereocenters. The average molecular weight is 256 g/mol. The van der Waals surface area contributed by atoms with Gasteiger partial charge >= 0.3 is 6.09 Å². The Labute approximate surface area is 111 Å². The van der Waals surface area contributed by atoms with Gasteiger partial charge in [0, 0.05) is 12.6 Å². The topological polar surface area (TPSA) is 41.6 Å². The van der Waals surface area contributed by atoms with Crippen molar-refractivity contribution in [3.05, 3.63) is 0 Å². The first-order valence-electron chi connectivity index (χ1n) is 7.00. The van der Waals surface area contributed by atoms with E-state index in [2.05, 4.69) is 5.32 Å². The molecule has 106 valence electrons. The molecule has 0 aromatic rings. The van der Waals surface area contributed by atoms with Crippen LogP contribution in [0.5, 0.6) is 0 Å². The second-order valence-electron chi connectivity index (χ2n) is 6.41. The van der Waals surface area contributed by atoms with Crippen molar-refractivity contribution >= 4 is 6.09 Å². The third-order valence-electron chi connectivity index (χ3n) is 3.19. The molecule has 18 heavy (non-hydrogen) atoms. The van der Waals surface area contributed by atoms with Crippen LogP contribution in [0.1, 0.15) is 47.5 Å². The van der Waals surface area contributed by atoms with E-state index in [-0.39, 0.29) is 12.1 Å². The molecule has 1 saturated heterocycles. The van der Waals surface area contributed by atoms with Crippen molar-refractivity contribution in [3.8, 4) is 0 Å². The lowest BCUT2D eigenvalue weighted by molar-refractivity contribution is 0.0181. The molecule has 0 aromatic heterocycles. The summed E-state index contributed by atoms with van der Waals surface area (Å²) in [7, 11) is 0. The molecule has 1 aliphatic heterocycles. The number of nitrogens with zero attached hydrogens (tertiary/aromatic N) is 1. The van der Waals surface area contributed by atoms with Crippen LogP contribution < -0.4 is 5.32 Å². The molecule has 1 aliphatic rings. The van der Waals surface area contributed by atoms with Crippen LogP contribution in [0, 0.1) is 5.92 Å². The lowest BCUT2D eigenvalue weighted by Gasteiger charge is -2.30. The lowest BCUT2D eigenvalue weighted by Crippen LogP contribution is -2.42. The monoisotopic (exact) mass is 256 g/mol. The quantitative estimate of drug-likeness (QED) is 0.840. The summed E-state index contributed by atoms with van der Waals surface area (Å²) >= 11 is 0. The van der Waals surface area contributed by atoms with Crippen LogP contribution in [-0.4, -0.2) is 42.3 Å². The minimum atomic E-state index is -0.418. The highest BCUT2D eigenvalue weighted by Gasteiger charge is 2.25. The Morgan fingerprint density at radius 3 is 2.56 bits per heavy atom. The number of ether oxygens (including phenoxy) is 1. The Morgan fingerprint density at radius 1 is 1.44 bits per heavy atom. The zero-order valence-electron chi connectivity index (χ0n) is 12.5. The Morgan fingerprint density at radius 2 is 2.11 bits per heavy atom. The summed E-state index contributed by atoms with van der Waals surface area (Å²) in [5, 5.41) is 3.36. The first kappa shape index (κ1) is 15.3. The molecule has 0 spiro atoms. The van der Waals surface area contributed by atoms with Crippen LogP contribution in [0.3, 0.4) is 0 Å². The number of hydrogen-bond acceptors (Lipinski definition) is 3. The van der Waals surface area contributed by atoms with Crippen molar-refractivity contribution in [2.75, 3.05) is 19.6 Å². The van der Waals surface area contributed by atoms with Gasteiger partial charge in [-0.15, -0.1) is 0 Å². The molecule has 1 fully saturated rings. The first-order valence-corrected chi connectivity index (χ1v) is 7.00. The first-order chi connectivity index (χ1) is 8.29. The molecule has 0 aliphatic carbocycles. The van der Waals surface area contributed by atoms with Gasteiger partial charge in [-0.3, -0.25) is 0 Å². The third-order valence-corrected chi connectivity index (χ3v) is 3.19. The van der Waals surface area contributed by atoms with E-state index >= 15 is 0 Å². The van der Waals surface area contributed by atoms with Gasteiger partial charge in [-0.2, -0.15) is 0 Å². The molecule has 1 rings (SSSR count). The van der Waals surface area contributed by atoms with Gasteiger partial charge in [0.1, 0.15) is 5.60 Å². The minimum absolute atomic E-state index is 0.189. The average Bonchev–Trinajstić information content (AvgIpc) is 2.67. The number of amides is 1. The molecule has 1 heterocycles. The molecule has 0 aromatic carbocycles. The van der Waals surface area contributed by atoms with Gasteiger partial charge in [0.15, 0.2) is 0 Å². The summed E-state index contributed by atoms with van der Waals surface area (Å²) < 4.78 is 5.45. The molecule has 4 nitrogen and oxygen atoms in total. The van der Waals surface area contributed by atoms with Gasteiger partial charge in [0.25, 0.3) is 0 Å². The maximum Gasteiger partial charge on any atom is 0.410 e. The molecular weight excluding hydrogens is 228 g/mol. The normalized spacial score (nSPS) is 20.2. The van der Waals surface area contributed by atoms with E-state index in [0.29, 0.717) is 5.92 Å². The highest BCUT2D eigenvalue weighted by Crippen LogP contribution is 2.16. The second kappa shape index (κ2) is 6.41. The SMILES string of the molecule is CC(C)N(CCC1CCNC1)C(=O)OC(C)(C)C. The smallest absolute Gasteiger partial charge is 0.410 e. The van der Waals surface area contributed by atoms with Crippen molar-refractivity contribution in [1.82, 2.24) is 10.2 Å². The van der Waals surface area contributed by atoms with E-state index in [1.165, 1.54) is 6.42 Å². The highest BCUT2D eigenvalue weighted by molar-refractivity contribution is 5.68. The largest absolute Gasteiger partial charge is 0.444 e. The number of nitrogens with one attached hydrogen (secondary N) is 1. The molecule has 0 radical (unpaired) electrons. The van der Waals surface area contributed by atoms with Crippen molar-refractivity contribution in [2.24, 2.45) is 5.92 Å². The molecule has 0 saturated carbocycles. The van der Waals surface area contributed by atoms with E-state index in [9.17, 15) is 4.79 Å². The molecule has 1 amide bonds. The van der Waals surface area contributed by atoms with Crippen LogP contribution >= 0.6 is 0 Å². The number of carbonyl (C=O) groups is 1. The fourth-order valence-electron chi connectivity index (χ4n) is 2.16. The van der Waals surface area contributed by atoms with Crippen LogP contribution in [0.25, 0.3) is 0 Å². The Balaban J connectivity index is 2.45. The zero-order valence-corrected chi connectivity index (χ0v) is 12.5. The predicted molar refractivity (Wildman–Crippen MR) is 73.7 cm³/mol. The van der Waals surface area contributed by atoms with Crippen LogP contribution in [0.2, 0.25) is 0 Å². The van der Waals surface area contributed by atoms with Gasteiger partial charge in [0.2, 0.25) is 0 Å². The summed E-state index contributed by atoms with van der Waals surface area (Å²) in [6, 6.07) is 0.189. The van der Waals surface area contributed by atoms with Gasteiger partial charge < -0.3 is 15.0 Å². The molecule has 1 N–H and O–H groups in total. The molecule has 1 unspecified atom stereocenters. The fraction of sp³-hybridized carbons (Fsp3) is 0.929. The Bertz CT molecular complexity index is 265. The predicted octanol–water partition coefficient (Wildman–Crippen LogP) is 2.63. The van der Waals surface area contributed by atoms with Crippen molar-refractivity contribution in [3.63, 3.8) is 0 Å². The van der Waals surface area contributed by atoms with E-state index < -0.39 is 5.60 Å². The van der Waals surface area contributed by atoms with E-state index in [4.69, 9.17) is 4.74 Å². The summed E-state index contributed by atoms with van der Waals surface area (Å²) in [6.45, 7) is 12.8. The Hall–Kier alpha value is -0.770. The summed E-state index contributed by atoms with van der Waals surface area (Å²) in [6.07, 6.45) is 2.09. The summed E-state index contributed by atoms with van der Waals surface area (Å²) in [4.78, 5) is 13.9. The maximum atomic E-state index is 12.1. The van der Waals surface area contributed by atoms with Crippen molar-refractivity contribution in [2.45, 2.75) is 59.1 Å². The van der Waals surface area contributed by atoms with Crippen LogP contribution in [0.15, 0.2) is 0 Å². The van der Waals surface area contributed by atoms with Gasteiger partial charge in [-0.05, 0) is 66.5 Å². The third kappa shape index (κ3) is 5.25. The van der Waals surface area contributed by atoms with Crippen molar-refractivity contribution < 1.29 is 9.53 Å². The van der Waals surface area contributed by atoms with Gasteiger partial charge in [-0.1, -0.05) is 0 Å². The molecular formula is C14H28N2O2. The summed E-state index contributed by atoms with van der Waals surface area (Å²) in [5.41, 5.74) is -0.418. The molecule has 0 bridgehead atoms. The van der Waals surface area contributed by atoms with E-state index in [1.54, 1.807) is 0 Å². The number of rotatable bonds is 4. The van der Waals surface area contributed by atoms with E-state index in [0.717, 1.165) is 26.1 Å². The van der Waals surface area contributed by atoms with Crippen LogP contribution in [-0.2, 0) is 4.74 Å². The fourth-order valence-corrected chi connectivity index (χ4v) is 2.16. The van der Waals surface area contributed by atoms with Gasteiger partial charge in [0.05, 0.1) is 0 Å². The minimum Gasteiger partial charge on any atom is -0.444 e. The number of hydrogen-bond donors (Lipinski definition) is 1. The zero-order chi connectivity index (χ0) is 13.8. The highest BCUT2D eigenvalue weighted by atomic mass is 16.6. The second-order valence-corrected chi connectivity index (χ2v) is 6.41. The Kier molecular flexibility index (Phi) is 5.45. The number of carbonyl (C=O) groups excluding carboxylic acids is 1. The van der Waals surface area contributed by atoms with Gasteiger partial charge in [-0.25, -0.2) is 4.79 Å². The van der Waals surface area contributed by atoms with Crippen molar-refractivity contribution in [1.29, 1.82) is 0 Å². The van der Waals surface area contributed by atoms with Crippen LogP contribution in [0.4, 0.5) is 4.79 Å². The maximum absolute atomic E-state index is 12.1. The van der Waals surface area contributed by atoms with E-state index in [1.807, 2.05) is 39.5 Å². The molecule has 4 heteroatoms.